The minimum atomic E-state index is 0.233. The van der Waals surface area contributed by atoms with E-state index >= 15 is 0 Å². The van der Waals surface area contributed by atoms with Crippen LogP contribution in [-0.2, 0) is 0 Å². The minimum Gasteiger partial charge on any atom is -0.497 e. The van der Waals surface area contributed by atoms with Gasteiger partial charge < -0.3 is 10.1 Å². The standard InChI is InChI=1S/C14H16N2O/c1-11(12-4-3-9-15-10-12)16-13-5-7-14(17-2)8-6-13/h3-11,16H,1-2H3. The summed E-state index contributed by atoms with van der Waals surface area (Å²) in [5, 5.41) is 3.41. The maximum Gasteiger partial charge on any atom is 0.119 e. The largest absolute Gasteiger partial charge is 0.497 e. The van der Waals surface area contributed by atoms with Crippen molar-refractivity contribution in [3.8, 4) is 5.75 Å². The maximum atomic E-state index is 5.12. The van der Waals surface area contributed by atoms with Crippen LogP contribution in [0.5, 0.6) is 5.75 Å². The second kappa shape index (κ2) is 5.34. The first-order valence-corrected chi connectivity index (χ1v) is 5.60. The van der Waals surface area contributed by atoms with Crippen LogP contribution in [0.4, 0.5) is 5.69 Å². The highest BCUT2D eigenvalue weighted by molar-refractivity contribution is 5.47. The van der Waals surface area contributed by atoms with Crippen molar-refractivity contribution < 1.29 is 4.74 Å². The zero-order valence-corrected chi connectivity index (χ0v) is 10.1. The molecule has 3 nitrogen and oxygen atoms in total. The van der Waals surface area contributed by atoms with Crippen molar-refractivity contribution in [1.29, 1.82) is 0 Å². The van der Waals surface area contributed by atoms with Crippen molar-refractivity contribution in [3.63, 3.8) is 0 Å². The molecule has 0 aliphatic rings. The fraction of sp³-hybridized carbons (Fsp3) is 0.214. The number of benzene rings is 1. The molecule has 0 bridgehead atoms. The number of ether oxygens (including phenoxy) is 1. The molecular weight excluding hydrogens is 212 g/mol. The second-order valence-electron chi connectivity index (χ2n) is 3.88. The summed E-state index contributed by atoms with van der Waals surface area (Å²) in [6.45, 7) is 2.11. The minimum absolute atomic E-state index is 0.233. The summed E-state index contributed by atoms with van der Waals surface area (Å²) in [6.07, 6.45) is 3.66. The van der Waals surface area contributed by atoms with Gasteiger partial charge in [0, 0.05) is 18.1 Å². The van der Waals surface area contributed by atoms with E-state index in [1.807, 2.05) is 36.5 Å². The molecule has 0 amide bonds. The number of nitrogens with one attached hydrogen (secondary N) is 1. The van der Waals surface area contributed by atoms with Crippen LogP contribution in [0.3, 0.4) is 0 Å². The van der Waals surface area contributed by atoms with E-state index < -0.39 is 0 Å². The van der Waals surface area contributed by atoms with E-state index in [1.165, 1.54) is 5.56 Å². The van der Waals surface area contributed by atoms with Crippen LogP contribution in [0, 0.1) is 0 Å². The summed E-state index contributed by atoms with van der Waals surface area (Å²) in [5.74, 6) is 0.865. The third-order valence-corrected chi connectivity index (χ3v) is 2.66. The van der Waals surface area contributed by atoms with Gasteiger partial charge in [0.25, 0.3) is 0 Å². The first-order chi connectivity index (χ1) is 8.29. The van der Waals surface area contributed by atoms with Crippen LogP contribution in [0.15, 0.2) is 48.8 Å². The molecule has 1 N–H and O–H groups in total. The van der Waals surface area contributed by atoms with Gasteiger partial charge in [-0.05, 0) is 42.8 Å². The van der Waals surface area contributed by atoms with Crippen molar-refractivity contribution in [2.45, 2.75) is 13.0 Å². The normalized spacial score (nSPS) is 11.9. The van der Waals surface area contributed by atoms with Crippen LogP contribution in [0.2, 0.25) is 0 Å². The Morgan fingerprint density at radius 1 is 1.18 bits per heavy atom. The lowest BCUT2D eigenvalue weighted by Gasteiger charge is -2.15. The number of nitrogens with zero attached hydrogens (tertiary/aromatic N) is 1. The lowest BCUT2D eigenvalue weighted by molar-refractivity contribution is 0.415. The third kappa shape index (κ3) is 2.97. The third-order valence-electron chi connectivity index (χ3n) is 2.66. The summed E-state index contributed by atoms with van der Waals surface area (Å²) >= 11 is 0. The molecule has 0 saturated carbocycles. The van der Waals surface area contributed by atoms with Crippen molar-refractivity contribution >= 4 is 5.69 Å². The molecule has 1 aromatic heterocycles. The van der Waals surface area contributed by atoms with Crippen molar-refractivity contribution in [2.75, 3.05) is 12.4 Å². The van der Waals surface area contributed by atoms with Gasteiger partial charge in [0.15, 0.2) is 0 Å². The molecule has 17 heavy (non-hydrogen) atoms. The summed E-state index contributed by atoms with van der Waals surface area (Å²) in [7, 11) is 1.67. The first-order valence-electron chi connectivity index (χ1n) is 5.60. The van der Waals surface area contributed by atoms with Gasteiger partial charge in [-0.3, -0.25) is 4.98 Å². The van der Waals surface area contributed by atoms with Crippen LogP contribution < -0.4 is 10.1 Å². The van der Waals surface area contributed by atoms with Crippen LogP contribution in [0.1, 0.15) is 18.5 Å². The van der Waals surface area contributed by atoms with E-state index in [-0.39, 0.29) is 6.04 Å². The molecule has 0 aliphatic heterocycles. The van der Waals surface area contributed by atoms with Gasteiger partial charge in [-0.2, -0.15) is 0 Å². The Morgan fingerprint density at radius 2 is 1.94 bits per heavy atom. The smallest absolute Gasteiger partial charge is 0.119 e. The molecule has 0 radical (unpaired) electrons. The van der Waals surface area contributed by atoms with E-state index in [0.717, 1.165) is 11.4 Å². The molecule has 88 valence electrons. The molecule has 2 aromatic rings. The Kier molecular flexibility index (Phi) is 3.60. The van der Waals surface area contributed by atoms with E-state index in [1.54, 1.807) is 13.3 Å². The van der Waals surface area contributed by atoms with E-state index in [4.69, 9.17) is 4.74 Å². The molecular formula is C14H16N2O. The Balaban J connectivity index is 2.05. The van der Waals surface area contributed by atoms with Crippen molar-refractivity contribution in [2.24, 2.45) is 0 Å². The molecule has 1 aromatic carbocycles. The Labute approximate surface area is 101 Å². The number of hydrogen-bond acceptors (Lipinski definition) is 3. The number of aromatic nitrogens is 1. The molecule has 1 unspecified atom stereocenters. The van der Waals surface area contributed by atoms with E-state index in [0.29, 0.717) is 0 Å². The lowest BCUT2D eigenvalue weighted by atomic mass is 10.1. The fourth-order valence-electron chi connectivity index (χ4n) is 1.65. The maximum absolute atomic E-state index is 5.12. The molecule has 0 saturated heterocycles. The number of rotatable bonds is 4. The van der Waals surface area contributed by atoms with Gasteiger partial charge in [0.2, 0.25) is 0 Å². The van der Waals surface area contributed by atoms with Crippen molar-refractivity contribution in [3.05, 3.63) is 54.4 Å². The highest BCUT2D eigenvalue weighted by Gasteiger charge is 2.04. The average molecular weight is 228 g/mol. The Hall–Kier alpha value is -2.03. The second-order valence-corrected chi connectivity index (χ2v) is 3.88. The van der Waals surface area contributed by atoms with Gasteiger partial charge in [0.05, 0.1) is 13.2 Å². The first kappa shape index (κ1) is 11.5. The van der Waals surface area contributed by atoms with E-state index in [2.05, 4.69) is 23.3 Å². The number of anilines is 1. The number of pyridine rings is 1. The fourth-order valence-corrected chi connectivity index (χ4v) is 1.65. The molecule has 1 heterocycles. The Bertz CT molecular complexity index is 453. The SMILES string of the molecule is COc1ccc(NC(C)c2cccnc2)cc1. The van der Waals surface area contributed by atoms with Gasteiger partial charge in [-0.25, -0.2) is 0 Å². The summed E-state index contributed by atoms with van der Waals surface area (Å²) < 4.78 is 5.12. The summed E-state index contributed by atoms with van der Waals surface area (Å²) in [5.41, 5.74) is 2.24. The van der Waals surface area contributed by atoms with Gasteiger partial charge in [-0.1, -0.05) is 6.07 Å². The Morgan fingerprint density at radius 3 is 2.53 bits per heavy atom. The zero-order valence-electron chi connectivity index (χ0n) is 10.1. The predicted octanol–water partition coefficient (Wildman–Crippen LogP) is 3.26. The number of methoxy groups -OCH3 is 1. The summed E-state index contributed by atoms with van der Waals surface area (Å²) in [4.78, 5) is 4.11. The average Bonchev–Trinajstić information content (AvgIpc) is 2.40. The van der Waals surface area contributed by atoms with Gasteiger partial charge >= 0.3 is 0 Å². The van der Waals surface area contributed by atoms with Crippen LogP contribution >= 0.6 is 0 Å². The van der Waals surface area contributed by atoms with Gasteiger partial charge in [0.1, 0.15) is 5.75 Å². The lowest BCUT2D eigenvalue weighted by Crippen LogP contribution is -2.06. The van der Waals surface area contributed by atoms with Crippen molar-refractivity contribution in [1.82, 2.24) is 4.98 Å². The number of hydrogen-bond donors (Lipinski definition) is 1. The summed E-state index contributed by atoms with van der Waals surface area (Å²) in [6, 6.07) is 12.1. The van der Waals surface area contributed by atoms with Crippen LogP contribution in [0.25, 0.3) is 0 Å². The van der Waals surface area contributed by atoms with E-state index in [9.17, 15) is 0 Å². The highest BCUT2D eigenvalue weighted by atomic mass is 16.5. The molecule has 1 atom stereocenters. The van der Waals surface area contributed by atoms with Gasteiger partial charge in [-0.15, -0.1) is 0 Å². The molecule has 0 spiro atoms. The predicted molar refractivity (Wildman–Crippen MR) is 69.3 cm³/mol. The topological polar surface area (TPSA) is 34.1 Å². The van der Waals surface area contributed by atoms with Crippen LogP contribution in [-0.4, -0.2) is 12.1 Å². The highest BCUT2D eigenvalue weighted by Crippen LogP contribution is 2.20. The molecule has 2 rings (SSSR count). The molecule has 3 heteroatoms. The quantitative estimate of drug-likeness (QED) is 0.872. The monoisotopic (exact) mass is 228 g/mol. The zero-order chi connectivity index (χ0) is 12.1. The molecule has 0 aliphatic carbocycles. The molecule has 0 fully saturated rings.